The molecule has 0 saturated heterocycles. The maximum atomic E-state index is 11.7. The van der Waals surface area contributed by atoms with Gasteiger partial charge in [0.2, 0.25) is 0 Å². The van der Waals surface area contributed by atoms with Crippen LogP contribution < -0.4 is 9.47 Å². The van der Waals surface area contributed by atoms with Crippen LogP contribution in [-0.2, 0) is 0 Å². The van der Waals surface area contributed by atoms with Crippen molar-refractivity contribution in [3.05, 3.63) is 51.6 Å². The number of ether oxygens (including phenoxy) is 2. The van der Waals surface area contributed by atoms with Crippen molar-refractivity contribution in [1.82, 2.24) is 4.98 Å². The highest BCUT2D eigenvalue weighted by Crippen LogP contribution is 2.35. The van der Waals surface area contributed by atoms with Gasteiger partial charge >= 0.3 is 5.97 Å². The monoisotopic (exact) mass is 433 g/mol. The number of nitrogens with zero attached hydrogens (tertiary/aromatic N) is 1. The van der Waals surface area contributed by atoms with Gasteiger partial charge in [0.05, 0.1) is 16.8 Å². The predicted octanol–water partition coefficient (Wildman–Crippen LogP) is 3.98. The second-order valence-corrected chi connectivity index (χ2v) is 6.52. The number of carbonyl (C=O) groups is 1. The van der Waals surface area contributed by atoms with Crippen LogP contribution in [0.15, 0.2) is 42.5 Å². The van der Waals surface area contributed by atoms with Crippen LogP contribution in [0, 0.1) is 3.57 Å². The molecule has 3 aromatic rings. The van der Waals surface area contributed by atoms with Crippen molar-refractivity contribution in [2.45, 2.75) is 0 Å². The number of hydrogen-bond donors (Lipinski definition) is 1. The predicted molar refractivity (Wildman–Crippen MR) is 97.8 cm³/mol. The summed E-state index contributed by atoms with van der Waals surface area (Å²) in [5.74, 6) is 0.377. The summed E-state index contributed by atoms with van der Waals surface area (Å²) in [6, 6.07) is 12.7. The van der Waals surface area contributed by atoms with E-state index in [0.717, 1.165) is 9.13 Å². The highest BCUT2D eigenvalue weighted by atomic mass is 127. The van der Waals surface area contributed by atoms with Gasteiger partial charge in [0.25, 0.3) is 0 Å². The Morgan fingerprint density at radius 3 is 2.67 bits per heavy atom. The number of carboxylic acids is 1. The van der Waals surface area contributed by atoms with E-state index in [2.05, 4.69) is 27.6 Å². The zero-order valence-corrected chi connectivity index (χ0v) is 14.6. The van der Waals surface area contributed by atoms with Gasteiger partial charge in [-0.25, -0.2) is 9.78 Å². The van der Waals surface area contributed by atoms with Gasteiger partial charge in [-0.2, -0.15) is 0 Å². The van der Waals surface area contributed by atoms with Crippen molar-refractivity contribution in [1.29, 1.82) is 0 Å². The molecule has 6 heteroatoms. The molecule has 0 aliphatic carbocycles. The largest absolute Gasteiger partial charge is 0.486 e. The van der Waals surface area contributed by atoms with Gasteiger partial charge in [-0.05, 0) is 52.9 Å². The van der Waals surface area contributed by atoms with Crippen molar-refractivity contribution >= 4 is 39.5 Å². The minimum Gasteiger partial charge on any atom is -0.486 e. The fraction of sp³-hybridized carbons (Fsp3) is 0.111. The average Bonchev–Trinajstić information content (AvgIpc) is 2.61. The lowest BCUT2D eigenvalue weighted by Gasteiger charge is -2.19. The van der Waals surface area contributed by atoms with E-state index in [1.807, 2.05) is 30.3 Å². The van der Waals surface area contributed by atoms with E-state index < -0.39 is 5.97 Å². The molecule has 4 rings (SSSR count). The van der Waals surface area contributed by atoms with Crippen molar-refractivity contribution in [2.24, 2.45) is 0 Å². The van der Waals surface area contributed by atoms with Crippen LogP contribution in [0.3, 0.4) is 0 Å². The second-order valence-electron chi connectivity index (χ2n) is 5.35. The zero-order valence-electron chi connectivity index (χ0n) is 12.5. The minimum atomic E-state index is -0.969. The SMILES string of the molecule is O=C(O)c1cc(-c2ccc3c(c2)OCCO3)nc2c(I)cccc12. The molecule has 0 unspecified atom stereocenters. The summed E-state index contributed by atoms with van der Waals surface area (Å²) in [5.41, 5.74) is 2.32. The van der Waals surface area contributed by atoms with Gasteiger partial charge in [0.15, 0.2) is 11.5 Å². The molecule has 2 heterocycles. The standard InChI is InChI=1S/C18H12INO4/c19-13-3-1-2-11-12(18(21)22)9-14(20-17(11)13)10-4-5-15-16(8-10)24-7-6-23-15/h1-5,8-9H,6-7H2,(H,21,22). The Balaban J connectivity index is 1.94. The maximum absolute atomic E-state index is 11.7. The first kappa shape index (κ1) is 15.2. The summed E-state index contributed by atoms with van der Waals surface area (Å²) in [6.45, 7) is 1.03. The normalized spacial score (nSPS) is 13.0. The van der Waals surface area contributed by atoms with Gasteiger partial charge in [-0.15, -0.1) is 0 Å². The Hall–Kier alpha value is -2.35. The smallest absolute Gasteiger partial charge is 0.336 e. The molecular formula is C18H12INO4. The Kier molecular flexibility index (Phi) is 3.76. The quantitative estimate of drug-likeness (QED) is 0.620. The van der Waals surface area contributed by atoms with Crippen molar-refractivity contribution in [3.8, 4) is 22.8 Å². The Bertz CT molecular complexity index is 971. The number of para-hydroxylation sites is 1. The number of halogens is 1. The number of aromatic carboxylic acids is 1. The first-order valence-electron chi connectivity index (χ1n) is 7.36. The molecule has 0 atom stereocenters. The molecule has 0 saturated carbocycles. The molecule has 1 aliphatic heterocycles. The lowest BCUT2D eigenvalue weighted by molar-refractivity contribution is 0.0699. The van der Waals surface area contributed by atoms with Crippen LogP contribution in [0.5, 0.6) is 11.5 Å². The summed E-state index contributed by atoms with van der Waals surface area (Å²) in [5, 5.41) is 10.2. The second kappa shape index (κ2) is 5.94. The first-order chi connectivity index (χ1) is 11.6. The molecule has 0 radical (unpaired) electrons. The average molecular weight is 433 g/mol. The van der Waals surface area contributed by atoms with Crippen molar-refractivity contribution in [2.75, 3.05) is 13.2 Å². The van der Waals surface area contributed by atoms with Gasteiger partial charge in [-0.3, -0.25) is 0 Å². The Morgan fingerprint density at radius 1 is 1.08 bits per heavy atom. The molecule has 1 aliphatic rings. The third-order valence-corrected chi connectivity index (χ3v) is 4.73. The van der Waals surface area contributed by atoms with Gasteiger partial charge in [-0.1, -0.05) is 12.1 Å². The summed E-state index contributed by atoms with van der Waals surface area (Å²) < 4.78 is 12.0. The van der Waals surface area contributed by atoms with Crippen LogP contribution in [0.25, 0.3) is 22.2 Å². The van der Waals surface area contributed by atoms with Crippen molar-refractivity contribution in [3.63, 3.8) is 0 Å². The highest BCUT2D eigenvalue weighted by molar-refractivity contribution is 14.1. The summed E-state index contributed by atoms with van der Waals surface area (Å²) >= 11 is 2.17. The molecule has 0 bridgehead atoms. The number of pyridine rings is 1. The van der Waals surface area contributed by atoms with E-state index in [9.17, 15) is 9.90 Å². The maximum Gasteiger partial charge on any atom is 0.336 e. The van der Waals surface area contributed by atoms with Gasteiger partial charge < -0.3 is 14.6 Å². The summed E-state index contributed by atoms with van der Waals surface area (Å²) in [6.07, 6.45) is 0. The third-order valence-electron chi connectivity index (χ3n) is 3.86. The molecule has 1 N–H and O–H groups in total. The Labute approximate surface area is 151 Å². The van der Waals surface area contributed by atoms with E-state index >= 15 is 0 Å². The molecule has 0 fully saturated rings. The minimum absolute atomic E-state index is 0.239. The van der Waals surface area contributed by atoms with Gasteiger partial charge in [0, 0.05) is 14.5 Å². The fourth-order valence-electron chi connectivity index (χ4n) is 2.74. The van der Waals surface area contributed by atoms with E-state index in [4.69, 9.17) is 9.47 Å². The lowest BCUT2D eigenvalue weighted by Crippen LogP contribution is -2.15. The van der Waals surface area contributed by atoms with E-state index in [1.54, 1.807) is 12.1 Å². The van der Waals surface area contributed by atoms with Crippen LogP contribution >= 0.6 is 22.6 Å². The van der Waals surface area contributed by atoms with Crippen LogP contribution in [0.1, 0.15) is 10.4 Å². The molecule has 2 aromatic carbocycles. The molecule has 0 spiro atoms. The highest BCUT2D eigenvalue weighted by Gasteiger charge is 2.17. The summed E-state index contributed by atoms with van der Waals surface area (Å²) in [7, 11) is 0. The molecule has 24 heavy (non-hydrogen) atoms. The van der Waals surface area contributed by atoms with Gasteiger partial charge in [0.1, 0.15) is 13.2 Å². The number of fused-ring (bicyclic) bond motifs is 2. The zero-order chi connectivity index (χ0) is 16.7. The lowest BCUT2D eigenvalue weighted by atomic mass is 10.0. The van der Waals surface area contributed by atoms with E-state index in [0.29, 0.717) is 41.3 Å². The number of aromatic nitrogens is 1. The number of benzene rings is 2. The first-order valence-corrected chi connectivity index (χ1v) is 8.44. The molecule has 5 nitrogen and oxygen atoms in total. The third kappa shape index (κ3) is 2.56. The Morgan fingerprint density at radius 2 is 1.88 bits per heavy atom. The molecule has 1 aromatic heterocycles. The topological polar surface area (TPSA) is 68.7 Å². The fourth-order valence-corrected chi connectivity index (χ4v) is 3.36. The number of carboxylic acid groups (broad SMARTS) is 1. The van der Waals surface area contributed by atoms with Crippen molar-refractivity contribution < 1.29 is 19.4 Å². The number of hydrogen-bond acceptors (Lipinski definition) is 4. The molecule has 120 valence electrons. The van der Waals surface area contributed by atoms with Crippen LogP contribution in [0.4, 0.5) is 0 Å². The number of rotatable bonds is 2. The molecular weight excluding hydrogens is 421 g/mol. The molecule has 0 amide bonds. The van der Waals surface area contributed by atoms with E-state index in [1.165, 1.54) is 0 Å². The van der Waals surface area contributed by atoms with E-state index in [-0.39, 0.29) is 5.56 Å². The van der Waals surface area contributed by atoms with Crippen LogP contribution in [0.2, 0.25) is 0 Å². The summed E-state index contributed by atoms with van der Waals surface area (Å²) in [4.78, 5) is 16.3. The van der Waals surface area contributed by atoms with Crippen LogP contribution in [-0.4, -0.2) is 29.3 Å².